The van der Waals surface area contributed by atoms with Crippen molar-refractivity contribution in [3.63, 3.8) is 0 Å². The van der Waals surface area contributed by atoms with Gasteiger partial charge in [-0.1, -0.05) is 13.2 Å². The molecule has 0 amide bonds. The topological polar surface area (TPSA) is 158 Å². The molecule has 0 N–H and O–H groups in total. The summed E-state index contributed by atoms with van der Waals surface area (Å²) in [4.78, 5) is 67.7. The lowest BCUT2D eigenvalue weighted by Crippen LogP contribution is -2.30. The first-order valence-electron chi connectivity index (χ1n) is 8.41. The van der Waals surface area contributed by atoms with Crippen LogP contribution in [0.2, 0.25) is 0 Å². The third-order valence-corrected chi connectivity index (χ3v) is 2.85. The van der Waals surface area contributed by atoms with E-state index >= 15 is 0 Å². The largest absolute Gasteiger partial charge is 0.460 e. The highest BCUT2D eigenvalue weighted by Gasteiger charge is 2.21. The molecule has 0 aliphatic rings. The fourth-order valence-electron chi connectivity index (χ4n) is 1.44. The molecule has 0 fully saturated rings. The maximum absolute atomic E-state index is 11.6. The Balaban J connectivity index is 4.01. The molecule has 0 spiro atoms. The molecule has 12 heteroatoms. The van der Waals surface area contributed by atoms with Crippen LogP contribution in [0.4, 0.5) is 0 Å². The van der Waals surface area contributed by atoms with Crippen LogP contribution in [-0.4, -0.2) is 74.5 Å². The van der Waals surface area contributed by atoms with Gasteiger partial charge in [0.05, 0.1) is 0 Å². The Morgan fingerprint density at radius 2 is 1.17 bits per heavy atom. The Bertz CT molecular complexity index is 681. The van der Waals surface area contributed by atoms with Gasteiger partial charge < -0.3 is 28.4 Å². The molecule has 12 nitrogen and oxygen atoms in total. The standard InChI is InChI=1S/C18H22O12/c1-5-13(19)27-10-16(22)30-11(3)17(23)26-8-7-25-15(21)9-28-18(24)12(4)29-14(20)6-2/h5-6,11-12H,1-2,7-10H2,3-4H3. The Morgan fingerprint density at radius 1 is 0.667 bits per heavy atom. The van der Waals surface area contributed by atoms with Gasteiger partial charge in [-0.2, -0.15) is 0 Å². The molecule has 0 aromatic heterocycles. The van der Waals surface area contributed by atoms with E-state index in [1.807, 2.05) is 0 Å². The highest BCUT2D eigenvalue weighted by atomic mass is 16.6. The minimum atomic E-state index is -1.30. The maximum Gasteiger partial charge on any atom is 0.347 e. The Labute approximate surface area is 171 Å². The van der Waals surface area contributed by atoms with Crippen molar-refractivity contribution >= 4 is 35.8 Å². The van der Waals surface area contributed by atoms with Crippen LogP contribution in [0, 0.1) is 0 Å². The molecule has 2 atom stereocenters. The van der Waals surface area contributed by atoms with Crippen LogP contribution in [0.15, 0.2) is 25.3 Å². The van der Waals surface area contributed by atoms with Crippen LogP contribution < -0.4 is 0 Å². The first-order valence-corrected chi connectivity index (χ1v) is 8.41. The molecule has 0 aromatic carbocycles. The first-order chi connectivity index (χ1) is 14.1. The molecular weight excluding hydrogens is 408 g/mol. The average molecular weight is 430 g/mol. The lowest BCUT2D eigenvalue weighted by atomic mass is 10.4. The van der Waals surface area contributed by atoms with Gasteiger partial charge in [-0.05, 0) is 13.8 Å². The minimum absolute atomic E-state index is 0.360. The van der Waals surface area contributed by atoms with Crippen molar-refractivity contribution < 1.29 is 57.2 Å². The summed E-state index contributed by atoms with van der Waals surface area (Å²) < 4.78 is 27.7. The summed E-state index contributed by atoms with van der Waals surface area (Å²) in [6.07, 6.45) is -0.824. The van der Waals surface area contributed by atoms with Crippen molar-refractivity contribution in [2.24, 2.45) is 0 Å². The normalized spacial score (nSPS) is 11.7. The van der Waals surface area contributed by atoms with Gasteiger partial charge in [0, 0.05) is 12.2 Å². The van der Waals surface area contributed by atoms with E-state index in [-0.39, 0.29) is 13.2 Å². The predicted octanol–water partition coefficient (Wildman–Crippen LogP) is -0.605. The monoisotopic (exact) mass is 430 g/mol. The number of hydrogen-bond acceptors (Lipinski definition) is 12. The molecule has 0 aliphatic heterocycles. The molecule has 0 bridgehead atoms. The molecule has 0 rings (SSSR count). The summed E-state index contributed by atoms with van der Waals surface area (Å²) in [6, 6.07) is 0. The predicted molar refractivity (Wildman–Crippen MR) is 95.3 cm³/mol. The zero-order chi connectivity index (χ0) is 23.1. The van der Waals surface area contributed by atoms with Crippen LogP contribution >= 0.6 is 0 Å². The van der Waals surface area contributed by atoms with Gasteiger partial charge in [-0.3, -0.25) is 0 Å². The van der Waals surface area contributed by atoms with Crippen LogP contribution in [0.3, 0.4) is 0 Å². The second-order valence-electron chi connectivity index (χ2n) is 5.22. The summed E-state index contributed by atoms with van der Waals surface area (Å²) >= 11 is 0. The fourth-order valence-corrected chi connectivity index (χ4v) is 1.44. The summed E-state index contributed by atoms with van der Waals surface area (Å²) in [5.74, 6) is -5.48. The van der Waals surface area contributed by atoms with E-state index < -0.39 is 61.2 Å². The van der Waals surface area contributed by atoms with Crippen molar-refractivity contribution in [2.75, 3.05) is 26.4 Å². The summed E-state index contributed by atoms with van der Waals surface area (Å²) in [7, 11) is 0. The number of carbonyl (C=O) groups excluding carboxylic acids is 6. The molecule has 30 heavy (non-hydrogen) atoms. The van der Waals surface area contributed by atoms with Crippen molar-refractivity contribution in [3.05, 3.63) is 25.3 Å². The molecule has 0 radical (unpaired) electrons. The highest BCUT2D eigenvalue weighted by molar-refractivity contribution is 5.86. The van der Waals surface area contributed by atoms with Crippen molar-refractivity contribution in [1.29, 1.82) is 0 Å². The van der Waals surface area contributed by atoms with Crippen LogP contribution in [0.25, 0.3) is 0 Å². The van der Waals surface area contributed by atoms with E-state index in [2.05, 4.69) is 36.8 Å². The van der Waals surface area contributed by atoms with Crippen molar-refractivity contribution in [3.8, 4) is 0 Å². The smallest absolute Gasteiger partial charge is 0.347 e. The summed E-state index contributed by atoms with van der Waals surface area (Å²) in [6.45, 7) is 6.59. The fraction of sp³-hybridized carbons (Fsp3) is 0.444. The number of carbonyl (C=O) groups is 6. The maximum atomic E-state index is 11.6. The third kappa shape index (κ3) is 11.9. The van der Waals surface area contributed by atoms with Gasteiger partial charge in [-0.15, -0.1) is 0 Å². The van der Waals surface area contributed by atoms with Crippen molar-refractivity contribution in [2.45, 2.75) is 26.1 Å². The lowest BCUT2D eigenvalue weighted by molar-refractivity contribution is -0.173. The van der Waals surface area contributed by atoms with Gasteiger partial charge in [0.15, 0.2) is 25.4 Å². The van der Waals surface area contributed by atoms with E-state index in [4.69, 9.17) is 4.74 Å². The van der Waals surface area contributed by atoms with Crippen molar-refractivity contribution in [1.82, 2.24) is 0 Å². The van der Waals surface area contributed by atoms with Gasteiger partial charge >= 0.3 is 35.8 Å². The Kier molecular flexibility index (Phi) is 12.6. The zero-order valence-electron chi connectivity index (χ0n) is 16.5. The number of rotatable bonds is 13. The molecule has 0 saturated carbocycles. The first kappa shape index (κ1) is 26.3. The molecule has 0 saturated heterocycles. The minimum Gasteiger partial charge on any atom is -0.460 e. The SMILES string of the molecule is C=CC(=O)OCC(=O)OC(C)C(=O)OCCOC(=O)COC(=O)C(C)OC(=O)C=C. The summed E-state index contributed by atoms with van der Waals surface area (Å²) in [5.41, 5.74) is 0. The zero-order valence-corrected chi connectivity index (χ0v) is 16.5. The van der Waals surface area contributed by atoms with Crippen LogP contribution in [-0.2, 0) is 57.2 Å². The molecule has 0 heterocycles. The molecule has 0 aromatic rings. The highest BCUT2D eigenvalue weighted by Crippen LogP contribution is 1.98. The molecule has 2 unspecified atom stereocenters. The van der Waals surface area contributed by atoms with E-state index in [1.54, 1.807) is 0 Å². The lowest BCUT2D eigenvalue weighted by Gasteiger charge is -2.13. The number of ether oxygens (including phenoxy) is 6. The third-order valence-electron chi connectivity index (χ3n) is 2.85. The average Bonchev–Trinajstić information content (AvgIpc) is 2.72. The summed E-state index contributed by atoms with van der Waals surface area (Å²) in [5, 5.41) is 0. The van der Waals surface area contributed by atoms with Crippen LogP contribution in [0.5, 0.6) is 0 Å². The van der Waals surface area contributed by atoms with Gasteiger partial charge in [-0.25, -0.2) is 28.8 Å². The molecule has 0 aliphatic carbocycles. The van der Waals surface area contributed by atoms with E-state index in [9.17, 15) is 28.8 Å². The van der Waals surface area contributed by atoms with Crippen LogP contribution in [0.1, 0.15) is 13.8 Å². The molecular formula is C18H22O12. The Morgan fingerprint density at radius 3 is 1.77 bits per heavy atom. The van der Waals surface area contributed by atoms with Gasteiger partial charge in [0.2, 0.25) is 0 Å². The van der Waals surface area contributed by atoms with Gasteiger partial charge in [0.1, 0.15) is 13.2 Å². The number of hydrogen-bond donors (Lipinski definition) is 0. The van der Waals surface area contributed by atoms with E-state index in [1.165, 1.54) is 13.8 Å². The second-order valence-corrected chi connectivity index (χ2v) is 5.22. The quantitative estimate of drug-likeness (QED) is 0.158. The second kappa shape index (κ2) is 14.3. The van der Waals surface area contributed by atoms with E-state index in [0.29, 0.717) is 0 Å². The van der Waals surface area contributed by atoms with Gasteiger partial charge in [0.25, 0.3) is 0 Å². The molecule has 166 valence electrons. The van der Waals surface area contributed by atoms with E-state index in [0.717, 1.165) is 12.2 Å². The Hall–Kier alpha value is -3.70. The number of esters is 6.